The van der Waals surface area contributed by atoms with E-state index in [0.717, 1.165) is 25.7 Å². The first kappa shape index (κ1) is 14.0. The number of hydrogen-bond acceptors (Lipinski definition) is 3. The van der Waals surface area contributed by atoms with Gasteiger partial charge in [-0.3, -0.25) is 9.59 Å². The van der Waals surface area contributed by atoms with E-state index in [0.29, 0.717) is 13.0 Å². The van der Waals surface area contributed by atoms with E-state index >= 15 is 0 Å². The van der Waals surface area contributed by atoms with Crippen LogP contribution < -0.4 is 11.1 Å². The lowest BCUT2D eigenvalue weighted by Gasteiger charge is -2.25. The normalized spacial score (nSPS) is 24.2. The second kappa shape index (κ2) is 6.59. The molecule has 0 aromatic rings. The summed E-state index contributed by atoms with van der Waals surface area (Å²) in [5.41, 5.74) is 5.79. The Morgan fingerprint density at radius 2 is 1.82 bits per heavy atom. The van der Waals surface area contributed by atoms with E-state index in [4.69, 9.17) is 5.73 Å². The van der Waals surface area contributed by atoms with Crippen molar-refractivity contribution in [2.75, 3.05) is 20.6 Å². The van der Waals surface area contributed by atoms with Gasteiger partial charge in [0.05, 0.1) is 0 Å². The predicted molar refractivity (Wildman–Crippen MR) is 66.3 cm³/mol. The summed E-state index contributed by atoms with van der Waals surface area (Å²) >= 11 is 0. The molecule has 3 N–H and O–H groups in total. The molecule has 0 atom stereocenters. The number of nitrogens with two attached hydrogens (primary N) is 1. The molecule has 1 saturated carbocycles. The zero-order chi connectivity index (χ0) is 12.8. The third kappa shape index (κ3) is 4.73. The highest BCUT2D eigenvalue weighted by molar-refractivity contribution is 5.80. The molecule has 0 unspecified atom stereocenters. The molecule has 0 heterocycles. The van der Waals surface area contributed by atoms with E-state index in [2.05, 4.69) is 5.32 Å². The van der Waals surface area contributed by atoms with Crippen LogP contribution in [-0.2, 0) is 9.59 Å². The Balaban J connectivity index is 2.19. The van der Waals surface area contributed by atoms with Crippen LogP contribution in [0.2, 0.25) is 0 Å². The molecule has 0 bridgehead atoms. The molecule has 1 aliphatic carbocycles. The van der Waals surface area contributed by atoms with Gasteiger partial charge in [0.1, 0.15) is 0 Å². The fraction of sp³-hybridized carbons (Fsp3) is 0.833. The van der Waals surface area contributed by atoms with Crippen molar-refractivity contribution in [2.45, 2.75) is 38.1 Å². The number of rotatable bonds is 4. The van der Waals surface area contributed by atoms with Crippen LogP contribution in [0.5, 0.6) is 0 Å². The zero-order valence-corrected chi connectivity index (χ0v) is 10.7. The monoisotopic (exact) mass is 241 g/mol. The fourth-order valence-electron chi connectivity index (χ4n) is 2.04. The molecular weight excluding hydrogens is 218 g/mol. The summed E-state index contributed by atoms with van der Waals surface area (Å²) in [6, 6.07) is 0.259. The van der Waals surface area contributed by atoms with Gasteiger partial charge < -0.3 is 16.0 Å². The molecule has 5 nitrogen and oxygen atoms in total. The van der Waals surface area contributed by atoms with Gasteiger partial charge in [-0.2, -0.15) is 0 Å². The van der Waals surface area contributed by atoms with Gasteiger partial charge in [0.25, 0.3) is 0 Å². The molecular formula is C12H23N3O2. The summed E-state index contributed by atoms with van der Waals surface area (Å²) in [6.07, 6.45) is 3.96. The lowest BCUT2D eigenvalue weighted by atomic mass is 9.86. The molecule has 1 rings (SSSR count). The van der Waals surface area contributed by atoms with Crippen molar-refractivity contribution >= 4 is 11.8 Å². The quantitative estimate of drug-likeness (QED) is 0.733. The van der Waals surface area contributed by atoms with Crippen LogP contribution in [-0.4, -0.2) is 43.4 Å². The first-order valence-electron chi connectivity index (χ1n) is 6.24. The summed E-state index contributed by atoms with van der Waals surface area (Å²) in [5.74, 6) is 0.198. The molecule has 0 aromatic heterocycles. The van der Waals surface area contributed by atoms with E-state index in [-0.39, 0.29) is 23.8 Å². The minimum absolute atomic E-state index is 0.0379. The molecule has 1 aliphatic rings. The Labute approximate surface area is 103 Å². The second-order valence-corrected chi connectivity index (χ2v) is 4.94. The summed E-state index contributed by atoms with van der Waals surface area (Å²) in [4.78, 5) is 24.6. The Kier molecular flexibility index (Phi) is 5.41. The van der Waals surface area contributed by atoms with Gasteiger partial charge in [-0.05, 0) is 25.7 Å². The van der Waals surface area contributed by atoms with Gasteiger partial charge in [0.15, 0.2) is 0 Å². The van der Waals surface area contributed by atoms with Crippen LogP contribution in [0.1, 0.15) is 32.1 Å². The van der Waals surface area contributed by atoms with Crippen molar-refractivity contribution in [3.63, 3.8) is 0 Å². The van der Waals surface area contributed by atoms with Crippen LogP contribution in [0.25, 0.3) is 0 Å². The van der Waals surface area contributed by atoms with Crippen molar-refractivity contribution in [1.29, 1.82) is 0 Å². The maximum absolute atomic E-state index is 11.8. The molecule has 0 spiro atoms. The molecule has 98 valence electrons. The van der Waals surface area contributed by atoms with Crippen molar-refractivity contribution in [3.05, 3.63) is 0 Å². The average molecular weight is 241 g/mol. The maximum atomic E-state index is 11.8. The summed E-state index contributed by atoms with van der Waals surface area (Å²) in [6.45, 7) is 0.429. The fourth-order valence-corrected chi connectivity index (χ4v) is 2.04. The smallest absolute Gasteiger partial charge is 0.223 e. The Morgan fingerprint density at radius 3 is 2.35 bits per heavy atom. The summed E-state index contributed by atoms with van der Waals surface area (Å²) < 4.78 is 0. The highest BCUT2D eigenvalue weighted by atomic mass is 16.2. The molecule has 0 aromatic carbocycles. The number of nitrogens with zero attached hydrogens (tertiary/aromatic N) is 1. The van der Waals surface area contributed by atoms with Gasteiger partial charge in [0, 0.05) is 39.0 Å². The largest absolute Gasteiger partial charge is 0.355 e. The van der Waals surface area contributed by atoms with Crippen LogP contribution in [0.3, 0.4) is 0 Å². The lowest BCUT2D eigenvalue weighted by molar-refractivity contribution is -0.129. The number of hydrogen-bond donors (Lipinski definition) is 2. The van der Waals surface area contributed by atoms with Crippen molar-refractivity contribution in [3.8, 4) is 0 Å². The molecule has 1 fully saturated rings. The number of amides is 2. The number of nitrogens with one attached hydrogen (secondary N) is 1. The molecule has 0 aliphatic heterocycles. The van der Waals surface area contributed by atoms with Crippen LogP contribution >= 0.6 is 0 Å². The highest BCUT2D eigenvalue weighted by Crippen LogP contribution is 2.22. The maximum Gasteiger partial charge on any atom is 0.223 e. The minimum Gasteiger partial charge on any atom is -0.355 e. The Hall–Kier alpha value is -1.10. The summed E-state index contributed by atoms with van der Waals surface area (Å²) in [5, 5.41) is 2.83. The highest BCUT2D eigenvalue weighted by Gasteiger charge is 2.24. The third-order valence-corrected chi connectivity index (χ3v) is 3.28. The van der Waals surface area contributed by atoms with Gasteiger partial charge in [0.2, 0.25) is 11.8 Å². The van der Waals surface area contributed by atoms with Gasteiger partial charge >= 0.3 is 0 Å². The number of carbonyl (C=O) groups is 2. The van der Waals surface area contributed by atoms with Crippen molar-refractivity contribution in [1.82, 2.24) is 10.2 Å². The molecule has 0 saturated heterocycles. The minimum atomic E-state index is 0.0379. The summed E-state index contributed by atoms with van der Waals surface area (Å²) in [7, 11) is 3.43. The SMILES string of the molecule is CN(C)C(=O)CCNC(=O)C1CCC(N)CC1. The van der Waals surface area contributed by atoms with Gasteiger partial charge in [-0.15, -0.1) is 0 Å². The van der Waals surface area contributed by atoms with E-state index in [9.17, 15) is 9.59 Å². The Bertz CT molecular complexity index is 271. The average Bonchev–Trinajstić information content (AvgIpc) is 2.29. The first-order valence-corrected chi connectivity index (χ1v) is 6.24. The van der Waals surface area contributed by atoms with Gasteiger partial charge in [-0.1, -0.05) is 0 Å². The Morgan fingerprint density at radius 1 is 1.24 bits per heavy atom. The van der Waals surface area contributed by atoms with Crippen LogP contribution in [0.4, 0.5) is 0 Å². The van der Waals surface area contributed by atoms with E-state index in [1.54, 1.807) is 14.1 Å². The van der Waals surface area contributed by atoms with Gasteiger partial charge in [-0.25, -0.2) is 0 Å². The standard InChI is InChI=1S/C12H23N3O2/c1-15(2)11(16)7-8-14-12(17)9-3-5-10(13)6-4-9/h9-10H,3-8,13H2,1-2H3,(H,14,17). The topological polar surface area (TPSA) is 75.4 Å². The second-order valence-electron chi connectivity index (χ2n) is 4.94. The van der Waals surface area contributed by atoms with Crippen molar-refractivity contribution < 1.29 is 9.59 Å². The molecule has 2 amide bonds. The predicted octanol–water partition coefficient (Wildman–Crippen LogP) is 0.0984. The zero-order valence-electron chi connectivity index (χ0n) is 10.7. The van der Waals surface area contributed by atoms with E-state index in [1.807, 2.05) is 0 Å². The first-order chi connectivity index (χ1) is 8.00. The lowest BCUT2D eigenvalue weighted by Crippen LogP contribution is -2.37. The van der Waals surface area contributed by atoms with Crippen LogP contribution in [0.15, 0.2) is 0 Å². The van der Waals surface area contributed by atoms with E-state index < -0.39 is 0 Å². The number of carbonyl (C=O) groups excluding carboxylic acids is 2. The van der Waals surface area contributed by atoms with Crippen molar-refractivity contribution in [2.24, 2.45) is 11.7 Å². The molecule has 0 radical (unpaired) electrons. The van der Waals surface area contributed by atoms with Crippen LogP contribution in [0, 0.1) is 5.92 Å². The van der Waals surface area contributed by atoms with E-state index in [1.165, 1.54) is 4.90 Å². The molecule has 17 heavy (non-hydrogen) atoms. The molecule has 5 heteroatoms. The third-order valence-electron chi connectivity index (χ3n) is 3.28.